The second-order valence-corrected chi connectivity index (χ2v) is 13.1. The fourth-order valence-corrected chi connectivity index (χ4v) is 6.35. The van der Waals surface area contributed by atoms with Crippen molar-refractivity contribution in [3.8, 4) is 17.0 Å². The van der Waals surface area contributed by atoms with Gasteiger partial charge in [-0.3, -0.25) is 4.79 Å². The molecule has 45 heavy (non-hydrogen) atoms. The van der Waals surface area contributed by atoms with Gasteiger partial charge in [-0.25, -0.2) is 14.4 Å². The van der Waals surface area contributed by atoms with Crippen LogP contribution in [-0.2, 0) is 24.0 Å². The highest BCUT2D eigenvalue weighted by Gasteiger charge is 2.23. The number of hydrogen-bond donors (Lipinski definition) is 2. The molecule has 0 saturated heterocycles. The molecule has 0 aliphatic carbocycles. The van der Waals surface area contributed by atoms with Gasteiger partial charge in [0.2, 0.25) is 11.9 Å². The van der Waals surface area contributed by atoms with Gasteiger partial charge in [0.15, 0.2) is 0 Å². The molecule has 2 N–H and O–H groups in total. The number of halogens is 1. The molecule has 0 spiro atoms. The van der Waals surface area contributed by atoms with Crippen LogP contribution >= 0.6 is 11.8 Å². The smallest absolute Gasteiger partial charge is 0.248 e. The number of hydrogen-bond acceptors (Lipinski definition) is 8. The SMILES string of the molecule is COc1cc(N(C)CCN(C)C)c(NC(=O)/C=C\C(C)C)cc1Nc1nc2c(c(-c3cn(C)c4ccc(F)cc34)n1)CSCC2. The van der Waals surface area contributed by atoms with Crippen molar-refractivity contribution in [2.75, 3.05) is 62.6 Å². The Balaban J connectivity index is 1.59. The van der Waals surface area contributed by atoms with E-state index in [4.69, 9.17) is 14.7 Å². The number of anilines is 4. The Hall–Kier alpha value is -4.09. The number of ether oxygens (including phenoxy) is 1. The first-order valence-corrected chi connectivity index (χ1v) is 16.3. The number of likely N-dealkylation sites (N-methyl/N-ethyl adjacent to an activating group) is 2. The van der Waals surface area contributed by atoms with Crippen LogP contribution in [0.5, 0.6) is 5.75 Å². The van der Waals surface area contributed by atoms with Crippen molar-refractivity contribution >= 4 is 51.6 Å². The number of nitrogens with one attached hydrogen (secondary N) is 2. The third-order valence-corrected chi connectivity index (χ3v) is 8.76. The molecule has 5 rings (SSSR count). The Morgan fingerprint density at radius 2 is 1.96 bits per heavy atom. The predicted molar refractivity (Wildman–Crippen MR) is 184 cm³/mol. The highest BCUT2D eigenvalue weighted by molar-refractivity contribution is 7.98. The zero-order valence-electron chi connectivity index (χ0n) is 27.1. The van der Waals surface area contributed by atoms with E-state index >= 15 is 0 Å². The first-order valence-electron chi connectivity index (χ1n) is 15.1. The number of aryl methyl sites for hydroxylation is 2. The molecule has 0 saturated carbocycles. The molecule has 0 atom stereocenters. The van der Waals surface area contributed by atoms with Crippen LogP contribution in [0.25, 0.3) is 22.2 Å². The predicted octanol–water partition coefficient (Wildman–Crippen LogP) is 6.46. The first-order chi connectivity index (χ1) is 21.5. The molecule has 1 amide bonds. The molecular weight excluding hydrogens is 589 g/mol. The summed E-state index contributed by atoms with van der Waals surface area (Å²) >= 11 is 1.85. The van der Waals surface area contributed by atoms with E-state index in [1.54, 1.807) is 25.3 Å². The number of nitrogens with zero attached hydrogens (tertiary/aromatic N) is 5. The second-order valence-electron chi connectivity index (χ2n) is 12.0. The lowest BCUT2D eigenvalue weighted by atomic mass is 10.0. The summed E-state index contributed by atoms with van der Waals surface area (Å²) in [5, 5.41) is 7.28. The quantitative estimate of drug-likeness (QED) is 0.182. The van der Waals surface area contributed by atoms with Crippen LogP contribution < -0.4 is 20.3 Å². The molecule has 2 aromatic carbocycles. The fraction of sp³-hybridized carbons (Fsp3) is 0.382. The van der Waals surface area contributed by atoms with E-state index in [2.05, 4.69) is 20.4 Å². The zero-order chi connectivity index (χ0) is 32.2. The summed E-state index contributed by atoms with van der Waals surface area (Å²) in [6.45, 7) is 5.63. The van der Waals surface area contributed by atoms with Crippen LogP contribution in [-0.4, -0.2) is 72.4 Å². The minimum Gasteiger partial charge on any atom is -0.494 e. The largest absolute Gasteiger partial charge is 0.494 e. The van der Waals surface area contributed by atoms with Crippen LogP contribution in [0.2, 0.25) is 0 Å². The van der Waals surface area contributed by atoms with Gasteiger partial charge in [0, 0.05) is 67.2 Å². The summed E-state index contributed by atoms with van der Waals surface area (Å²) < 4.78 is 22.3. The lowest BCUT2D eigenvalue weighted by Gasteiger charge is -2.26. The molecule has 9 nitrogen and oxygen atoms in total. The number of carbonyl (C=O) groups excluding carboxylic acids is 1. The fourth-order valence-electron chi connectivity index (χ4n) is 5.36. The molecule has 1 aliphatic heterocycles. The molecular formula is C34H42FN7O2S. The van der Waals surface area contributed by atoms with Crippen molar-refractivity contribution in [1.82, 2.24) is 19.4 Å². The highest BCUT2D eigenvalue weighted by Crippen LogP contribution is 2.40. The summed E-state index contributed by atoms with van der Waals surface area (Å²) in [4.78, 5) is 27.1. The van der Waals surface area contributed by atoms with E-state index in [1.165, 1.54) is 6.07 Å². The number of fused-ring (bicyclic) bond motifs is 2. The number of aromatic nitrogens is 3. The maximum absolute atomic E-state index is 14.4. The van der Waals surface area contributed by atoms with Gasteiger partial charge in [-0.2, -0.15) is 11.8 Å². The van der Waals surface area contributed by atoms with Gasteiger partial charge < -0.3 is 29.7 Å². The molecule has 11 heteroatoms. The van der Waals surface area contributed by atoms with Gasteiger partial charge in [-0.15, -0.1) is 0 Å². The minimum atomic E-state index is -0.288. The Bertz CT molecular complexity index is 1730. The van der Waals surface area contributed by atoms with Crippen molar-refractivity contribution in [1.29, 1.82) is 0 Å². The zero-order valence-corrected chi connectivity index (χ0v) is 27.9. The summed E-state index contributed by atoms with van der Waals surface area (Å²) in [5.41, 5.74) is 6.71. The molecule has 238 valence electrons. The molecule has 4 aromatic rings. The number of carbonyl (C=O) groups is 1. The molecule has 2 aromatic heterocycles. The standard InChI is InChI=1S/C34H42FN7O2S/c1-21(2)8-11-32(43)36-27-17-28(31(44-7)18-30(27)41(5)14-13-40(3)4)38-34-37-26-12-15-45-20-25(26)33(39-34)24-19-42(6)29-10-9-22(35)16-23(24)29/h8-11,16-19,21H,12-15,20H2,1-7H3,(H,36,43)(H,37,38,39)/b11-8-. The van der Waals surface area contributed by atoms with Gasteiger partial charge >= 0.3 is 0 Å². The first kappa shape index (κ1) is 32.3. The van der Waals surface area contributed by atoms with Gasteiger partial charge in [0.25, 0.3) is 0 Å². The minimum absolute atomic E-state index is 0.213. The van der Waals surface area contributed by atoms with Crippen LogP contribution in [0.1, 0.15) is 25.1 Å². The molecule has 1 aliphatic rings. The summed E-state index contributed by atoms with van der Waals surface area (Å²) in [7, 11) is 9.63. The molecule has 0 unspecified atom stereocenters. The lowest BCUT2D eigenvalue weighted by molar-refractivity contribution is -0.111. The van der Waals surface area contributed by atoms with Gasteiger partial charge in [-0.1, -0.05) is 19.9 Å². The van der Waals surface area contributed by atoms with Crippen molar-refractivity contribution in [2.24, 2.45) is 13.0 Å². The maximum Gasteiger partial charge on any atom is 0.248 e. The Morgan fingerprint density at radius 1 is 1.16 bits per heavy atom. The molecule has 3 heterocycles. The van der Waals surface area contributed by atoms with E-state index in [1.807, 2.05) is 82.8 Å². The van der Waals surface area contributed by atoms with Crippen LogP contribution in [0.3, 0.4) is 0 Å². The second kappa shape index (κ2) is 13.9. The van der Waals surface area contributed by atoms with Gasteiger partial charge in [0.1, 0.15) is 11.6 Å². The number of amides is 1. The lowest BCUT2D eigenvalue weighted by Crippen LogP contribution is -2.29. The Labute approximate surface area is 268 Å². The van der Waals surface area contributed by atoms with E-state index < -0.39 is 0 Å². The van der Waals surface area contributed by atoms with Gasteiger partial charge in [0.05, 0.1) is 35.6 Å². The third kappa shape index (κ3) is 7.42. The average molecular weight is 632 g/mol. The summed E-state index contributed by atoms with van der Waals surface area (Å²) in [5.74, 6) is 2.49. The van der Waals surface area contributed by atoms with E-state index in [9.17, 15) is 9.18 Å². The van der Waals surface area contributed by atoms with E-state index in [-0.39, 0.29) is 17.6 Å². The molecule has 0 fully saturated rings. The monoisotopic (exact) mass is 631 g/mol. The van der Waals surface area contributed by atoms with Crippen LogP contribution in [0.15, 0.2) is 48.7 Å². The van der Waals surface area contributed by atoms with Crippen LogP contribution in [0.4, 0.5) is 27.4 Å². The summed E-state index contributed by atoms with van der Waals surface area (Å²) in [6, 6.07) is 8.63. The third-order valence-electron chi connectivity index (χ3n) is 7.78. The number of benzene rings is 2. The highest BCUT2D eigenvalue weighted by atomic mass is 32.2. The number of thioether (sulfide) groups is 1. The van der Waals surface area contributed by atoms with Crippen LogP contribution in [0, 0.1) is 11.7 Å². The number of methoxy groups -OCH3 is 1. The van der Waals surface area contributed by atoms with Crippen molar-refractivity contribution in [2.45, 2.75) is 26.0 Å². The average Bonchev–Trinajstić information content (AvgIpc) is 3.33. The molecule has 0 bridgehead atoms. The number of rotatable bonds is 11. The normalized spacial score (nSPS) is 13.1. The summed E-state index contributed by atoms with van der Waals surface area (Å²) in [6.07, 6.45) is 6.25. The van der Waals surface area contributed by atoms with Gasteiger partial charge in [-0.05, 0) is 62.5 Å². The Morgan fingerprint density at radius 3 is 2.69 bits per heavy atom. The van der Waals surface area contributed by atoms with E-state index in [0.29, 0.717) is 23.1 Å². The number of allylic oxidation sites excluding steroid dienone is 1. The van der Waals surface area contributed by atoms with Crippen molar-refractivity contribution in [3.63, 3.8) is 0 Å². The topological polar surface area (TPSA) is 87.5 Å². The molecule has 0 radical (unpaired) electrons. The Kier molecular flexibility index (Phi) is 9.99. The maximum atomic E-state index is 14.4. The van der Waals surface area contributed by atoms with Crippen molar-refractivity contribution < 1.29 is 13.9 Å². The van der Waals surface area contributed by atoms with Crippen molar-refractivity contribution in [3.05, 3.63) is 65.8 Å². The van der Waals surface area contributed by atoms with E-state index in [0.717, 1.165) is 70.1 Å².